The molecule has 0 aliphatic heterocycles. The number of hydrogen-bond donors (Lipinski definition) is 1. The molecule has 0 bridgehead atoms. The Bertz CT molecular complexity index is 901. The molecule has 31 heavy (non-hydrogen) atoms. The van der Waals surface area contributed by atoms with Gasteiger partial charge in [-0.1, -0.05) is 49.6 Å². The number of hydrogen-bond acceptors (Lipinski definition) is 5. The molecule has 2 aromatic rings. The molecule has 2 aromatic carbocycles. The molecule has 1 amide bonds. The van der Waals surface area contributed by atoms with E-state index in [0.29, 0.717) is 23.2 Å². The Morgan fingerprint density at radius 1 is 0.774 bits per heavy atom. The van der Waals surface area contributed by atoms with Gasteiger partial charge in [0.2, 0.25) is 5.91 Å². The van der Waals surface area contributed by atoms with E-state index in [-0.39, 0.29) is 36.9 Å². The molecule has 0 unspecified atom stereocenters. The van der Waals surface area contributed by atoms with Crippen molar-refractivity contribution in [3.8, 4) is 0 Å². The number of unbranched alkanes of at least 4 members (excludes halogenated alkanes) is 2. The minimum absolute atomic E-state index is 0.0305. The molecule has 0 aliphatic carbocycles. The number of anilines is 1. The van der Waals surface area contributed by atoms with E-state index in [1.54, 1.807) is 36.4 Å². The summed E-state index contributed by atoms with van der Waals surface area (Å²) in [6.07, 6.45) is 3.33. The molecule has 6 heteroatoms. The van der Waals surface area contributed by atoms with Gasteiger partial charge in [-0.3, -0.25) is 19.2 Å². The Kier molecular flexibility index (Phi) is 9.62. The third kappa shape index (κ3) is 8.54. The lowest BCUT2D eigenvalue weighted by atomic mass is 10.1. The van der Waals surface area contributed by atoms with Crippen LogP contribution in [0, 0.1) is 6.92 Å². The summed E-state index contributed by atoms with van der Waals surface area (Å²) in [4.78, 5) is 48.0. The van der Waals surface area contributed by atoms with Crippen molar-refractivity contribution in [2.24, 2.45) is 0 Å². The predicted molar refractivity (Wildman–Crippen MR) is 119 cm³/mol. The molecule has 0 atom stereocenters. The summed E-state index contributed by atoms with van der Waals surface area (Å²) >= 11 is 0. The zero-order chi connectivity index (χ0) is 22.6. The van der Waals surface area contributed by atoms with Crippen molar-refractivity contribution in [1.82, 2.24) is 0 Å². The van der Waals surface area contributed by atoms with Gasteiger partial charge in [0, 0.05) is 29.7 Å². The average Bonchev–Trinajstić information content (AvgIpc) is 2.77. The largest absolute Gasteiger partial charge is 0.457 e. The van der Waals surface area contributed by atoms with E-state index in [9.17, 15) is 19.2 Å². The average molecular weight is 424 g/mol. The molecule has 0 radical (unpaired) electrons. The molecule has 0 spiro atoms. The number of rotatable bonds is 12. The smallest absolute Gasteiger partial charge is 0.306 e. The Labute approximate surface area is 183 Å². The summed E-state index contributed by atoms with van der Waals surface area (Å²) < 4.78 is 5.00. The maximum atomic E-state index is 12.2. The van der Waals surface area contributed by atoms with Gasteiger partial charge in [-0.15, -0.1) is 0 Å². The molecular weight excluding hydrogens is 394 g/mol. The molecule has 0 aliphatic rings. The van der Waals surface area contributed by atoms with Gasteiger partial charge in [0.15, 0.2) is 18.2 Å². The van der Waals surface area contributed by atoms with Crippen LogP contribution in [-0.4, -0.2) is 30.0 Å². The van der Waals surface area contributed by atoms with Crippen LogP contribution >= 0.6 is 0 Å². The highest BCUT2D eigenvalue weighted by Gasteiger charge is 2.13. The van der Waals surface area contributed by atoms with Crippen molar-refractivity contribution < 1.29 is 23.9 Å². The molecular formula is C25H29NO5. The van der Waals surface area contributed by atoms with Gasteiger partial charge in [0.05, 0.1) is 6.42 Å². The number of ether oxygens (including phenoxy) is 1. The van der Waals surface area contributed by atoms with Gasteiger partial charge in [-0.2, -0.15) is 0 Å². The highest BCUT2D eigenvalue weighted by atomic mass is 16.5. The van der Waals surface area contributed by atoms with E-state index in [2.05, 4.69) is 12.2 Å². The van der Waals surface area contributed by atoms with Crippen LogP contribution in [0.1, 0.15) is 71.7 Å². The standard InChI is InChI=1S/C25H29NO5/c1-3-4-5-6-24(29)26-21-13-11-20(12-14-21)23(28)17-31-25(30)16-15-22(27)19-9-7-18(2)8-10-19/h7-14H,3-6,15-17H2,1-2H3,(H,26,29). The van der Waals surface area contributed by atoms with Crippen molar-refractivity contribution >= 4 is 29.1 Å². The summed E-state index contributed by atoms with van der Waals surface area (Å²) in [6, 6.07) is 13.6. The van der Waals surface area contributed by atoms with Crippen LogP contribution in [0.5, 0.6) is 0 Å². The maximum Gasteiger partial charge on any atom is 0.306 e. The number of aryl methyl sites for hydroxylation is 1. The predicted octanol–water partition coefficient (Wildman–Crippen LogP) is 4.90. The van der Waals surface area contributed by atoms with Crippen LogP contribution in [0.25, 0.3) is 0 Å². The fourth-order valence-electron chi connectivity index (χ4n) is 2.90. The minimum Gasteiger partial charge on any atom is -0.457 e. The van der Waals surface area contributed by atoms with Gasteiger partial charge in [-0.25, -0.2) is 0 Å². The van der Waals surface area contributed by atoms with E-state index in [1.165, 1.54) is 0 Å². The van der Waals surface area contributed by atoms with E-state index in [4.69, 9.17) is 4.74 Å². The molecule has 2 rings (SSSR count). The summed E-state index contributed by atoms with van der Waals surface area (Å²) in [5.74, 6) is -1.14. The van der Waals surface area contributed by atoms with Crippen LogP contribution < -0.4 is 5.32 Å². The number of carbonyl (C=O) groups is 4. The Morgan fingerprint density at radius 3 is 2.03 bits per heavy atom. The number of nitrogens with one attached hydrogen (secondary N) is 1. The molecule has 1 N–H and O–H groups in total. The lowest BCUT2D eigenvalue weighted by Gasteiger charge is -2.07. The summed E-state index contributed by atoms with van der Waals surface area (Å²) in [5, 5.41) is 2.79. The molecule has 0 heterocycles. The molecule has 164 valence electrons. The third-order valence-electron chi connectivity index (χ3n) is 4.79. The quantitative estimate of drug-likeness (QED) is 0.298. The first-order chi connectivity index (χ1) is 14.9. The highest BCUT2D eigenvalue weighted by molar-refractivity contribution is 6.00. The molecule has 0 saturated heterocycles. The van der Waals surface area contributed by atoms with Gasteiger partial charge in [-0.05, 0) is 37.6 Å². The van der Waals surface area contributed by atoms with Crippen LogP contribution in [0.4, 0.5) is 5.69 Å². The normalized spacial score (nSPS) is 10.4. The second kappa shape index (κ2) is 12.4. The fraction of sp³-hybridized carbons (Fsp3) is 0.360. The first kappa shape index (κ1) is 24.0. The van der Waals surface area contributed by atoms with Gasteiger partial charge < -0.3 is 10.1 Å². The maximum absolute atomic E-state index is 12.2. The number of ketones is 2. The Hall–Kier alpha value is -3.28. The van der Waals surface area contributed by atoms with E-state index >= 15 is 0 Å². The zero-order valence-corrected chi connectivity index (χ0v) is 18.1. The number of esters is 1. The van der Waals surface area contributed by atoms with Crippen molar-refractivity contribution in [3.05, 3.63) is 65.2 Å². The monoisotopic (exact) mass is 423 g/mol. The van der Waals surface area contributed by atoms with Crippen molar-refractivity contribution in [2.45, 2.75) is 52.4 Å². The number of benzene rings is 2. The van der Waals surface area contributed by atoms with Crippen molar-refractivity contribution in [1.29, 1.82) is 0 Å². The highest BCUT2D eigenvalue weighted by Crippen LogP contribution is 2.12. The fourth-order valence-corrected chi connectivity index (χ4v) is 2.90. The van der Waals surface area contributed by atoms with Crippen LogP contribution in [-0.2, 0) is 14.3 Å². The number of Topliss-reactive ketones (excluding diaryl/α,β-unsaturated/α-hetero) is 2. The summed E-state index contributed by atoms with van der Waals surface area (Å²) in [7, 11) is 0. The van der Waals surface area contributed by atoms with Gasteiger partial charge in [0.1, 0.15) is 0 Å². The molecule has 0 saturated carbocycles. The Balaban J connectivity index is 1.73. The molecule has 6 nitrogen and oxygen atoms in total. The number of carbonyl (C=O) groups excluding carboxylic acids is 4. The van der Waals surface area contributed by atoms with E-state index < -0.39 is 5.97 Å². The lowest BCUT2D eigenvalue weighted by Crippen LogP contribution is -2.15. The van der Waals surface area contributed by atoms with Gasteiger partial charge in [0.25, 0.3) is 0 Å². The second-order valence-electron chi connectivity index (χ2n) is 7.46. The first-order valence-corrected chi connectivity index (χ1v) is 10.6. The Morgan fingerprint density at radius 2 is 1.39 bits per heavy atom. The van der Waals surface area contributed by atoms with Gasteiger partial charge >= 0.3 is 5.97 Å². The summed E-state index contributed by atoms with van der Waals surface area (Å²) in [5.41, 5.74) is 2.60. The van der Waals surface area contributed by atoms with E-state index in [1.807, 2.05) is 19.1 Å². The van der Waals surface area contributed by atoms with E-state index in [0.717, 1.165) is 24.8 Å². The lowest BCUT2D eigenvalue weighted by molar-refractivity contribution is -0.142. The number of amides is 1. The zero-order valence-electron chi connectivity index (χ0n) is 18.1. The van der Waals surface area contributed by atoms with Crippen LogP contribution in [0.15, 0.2) is 48.5 Å². The third-order valence-corrected chi connectivity index (χ3v) is 4.79. The molecule has 0 aromatic heterocycles. The minimum atomic E-state index is -0.593. The SMILES string of the molecule is CCCCCC(=O)Nc1ccc(C(=O)COC(=O)CCC(=O)c2ccc(C)cc2)cc1. The second-order valence-corrected chi connectivity index (χ2v) is 7.46. The topological polar surface area (TPSA) is 89.5 Å². The summed E-state index contributed by atoms with van der Waals surface area (Å²) in [6.45, 7) is 3.62. The first-order valence-electron chi connectivity index (χ1n) is 10.6. The van der Waals surface area contributed by atoms with Crippen molar-refractivity contribution in [3.63, 3.8) is 0 Å². The van der Waals surface area contributed by atoms with Crippen molar-refractivity contribution in [2.75, 3.05) is 11.9 Å². The van der Waals surface area contributed by atoms with Crippen LogP contribution in [0.3, 0.4) is 0 Å². The molecule has 0 fully saturated rings. The van der Waals surface area contributed by atoms with Crippen LogP contribution in [0.2, 0.25) is 0 Å².